The first-order valence-corrected chi connectivity index (χ1v) is 16.1. The van der Waals surface area contributed by atoms with Crippen molar-refractivity contribution >= 4 is 0 Å². The van der Waals surface area contributed by atoms with E-state index < -0.39 is 0 Å². The molecule has 0 amide bonds. The van der Waals surface area contributed by atoms with Gasteiger partial charge in [0, 0.05) is 0 Å². The Hall–Kier alpha value is -2.34. The Labute approximate surface area is 237 Å². The van der Waals surface area contributed by atoms with Gasteiger partial charge in [-0.3, -0.25) is 0 Å². The normalized spacial score (nSPS) is 41.6. The molecule has 6 aliphatic carbocycles. The molecule has 0 nitrogen and oxygen atoms in total. The minimum absolute atomic E-state index is 0.626. The minimum Gasteiger partial charge on any atom is -0.0625 e. The van der Waals surface area contributed by atoms with Gasteiger partial charge < -0.3 is 0 Å². The maximum Gasteiger partial charge on any atom is -0.00127 e. The minimum atomic E-state index is 0.626. The number of hydrogen-bond donors (Lipinski definition) is 0. The fourth-order valence-electron chi connectivity index (χ4n) is 9.76. The Morgan fingerprint density at radius 1 is 0.590 bits per heavy atom. The van der Waals surface area contributed by atoms with Gasteiger partial charge >= 0.3 is 0 Å². The molecular weight excluding hydrogens is 468 g/mol. The van der Waals surface area contributed by atoms with E-state index in [9.17, 15) is 0 Å². The summed E-state index contributed by atoms with van der Waals surface area (Å²) in [5, 5.41) is 0. The van der Waals surface area contributed by atoms with E-state index in [4.69, 9.17) is 0 Å². The molecule has 3 aromatic carbocycles. The molecule has 0 bridgehead atoms. The van der Waals surface area contributed by atoms with Crippen LogP contribution >= 0.6 is 0 Å². The van der Waals surface area contributed by atoms with Gasteiger partial charge in [0.15, 0.2) is 0 Å². The van der Waals surface area contributed by atoms with E-state index in [0.717, 1.165) is 40.9 Å². The van der Waals surface area contributed by atoms with E-state index in [1.807, 2.05) is 0 Å². The molecule has 6 saturated carbocycles. The Morgan fingerprint density at radius 3 is 1.69 bits per heavy atom. The summed E-state index contributed by atoms with van der Waals surface area (Å²) < 4.78 is 0. The Bertz CT molecular complexity index is 1230. The summed E-state index contributed by atoms with van der Waals surface area (Å²) in [6.45, 7) is 7.28. The maximum atomic E-state index is 2.46. The molecule has 0 radical (unpaired) electrons. The molecule has 0 heteroatoms. The van der Waals surface area contributed by atoms with Crippen LogP contribution in [-0.2, 0) is 10.8 Å². The van der Waals surface area contributed by atoms with Crippen LogP contribution in [0.25, 0.3) is 0 Å². The van der Waals surface area contributed by atoms with E-state index in [-0.39, 0.29) is 0 Å². The van der Waals surface area contributed by atoms with E-state index in [1.54, 1.807) is 16.7 Å². The molecule has 6 fully saturated rings. The zero-order valence-corrected chi connectivity index (χ0v) is 24.5. The standard InChI is InChI=1S/3C13H16/c1-13-8-11(7-12(13)9-13)10-5-3-2-4-6-10;1-10-7-12-9-13(12,8-10)11-5-3-2-4-6-11;1-10-7-8-13(9-12(10)13)11-5-3-2-4-6-11/h2-6,11-12H,7-9H2,1H3;2*2-6,10,12H,7-9H2,1H3/t11?,12?,13-;2*10-,12?,13?/m000/s1. The molecule has 0 aliphatic heterocycles. The third-order valence-corrected chi connectivity index (χ3v) is 12.3. The van der Waals surface area contributed by atoms with Crippen molar-refractivity contribution in [1.29, 1.82) is 0 Å². The molecule has 0 N–H and O–H groups in total. The highest BCUT2D eigenvalue weighted by Crippen LogP contribution is 2.68. The SMILES string of the molecule is C[C@@]12CC(c3ccccc3)CC1C2.C[C@H]1CC2CC2(c2ccccc2)C1.C[C@H]1CCC2(c3ccccc3)CC12. The second kappa shape index (κ2) is 9.64. The predicted octanol–water partition coefficient (Wildman–Crippen LogP) is 10.3. The van der Waals surface area contributed by atoms with Crippen LogP contribution in [0.5, 0.6) is 0 Å². The quantitative estimate of drug-likeness (QED) is 0.325. The second-order valence-corrected chi connectivity index (χ2v) is 14.9. The fourth-order valence-corrected chi connectivity index (χ4v) is 9.76. The third-order valence-electron chi connectivity index (χ3n) is 12.3. The van der Waals surface area contributed by atoms with E-state index >= 15 is 0 Å². The smallest absolute Gasteiger partial charge is 0.00127 e. The van der Waals surface area contributed by atoms with Crippen molar-refractivity contribution in [3.63, 3.8) is 0 Å². The highest BCUT2D eigenvalue weighted by atomic mass is 14.6. The first-order valence-electron chi connectivity index (χ1n) is 16.1. The van der Waals surface area contributed by atoms with Crippen molar-refractivity contribution in [1.82, 2.24) is 0 Å². The highest BCUT2D eigenvalue weighted by molar-refractivity contribution is 5.37. The van der Waals surface area contributed by atoms with Crippen molar-refractivity contribution in [2.75, 3.05) is 0 Å². The van der Waals surface area contributed by atoms with Gasteiger partial charge in [0.1, 0.15) is 0 Å². The second-order valence-electron chi connectivity index (χ2n) is 14.9. The third kappa shape index (κ3) is 4.71. The van der Waals surface area contributed by atoms with Crippen LogP contribution in [0.1, 0.15) is 101 Å². The summed E-state index contributed by atoms with van der Waals surface area (Å²) in [6, 6.07) is 33.3. The van der Waals surface area contributed by atoms with Gasteiger partial charge in [-0.25, -0.2) is 0 Å². The first-order chi connectivity index (χ1) is 18.9. The summed E-state index contributed by atoms with van der Waals surface area (Å²) in [6.07, 6.45) is 13.1. The Balaban J connectivity index is 0.0000000974. The van der Waals surface area contributed by atoms with Crippen LogP contribution in [0.15, 0.2) is 91.0 Å². The monoisotopic (exact) mass is 516 g/mol. The van der Waals surface area contributed by atoms with Crippen LogP contribution in [0, 0.1) is 35.0 Å². The molecule has 39 heavy (non-hydrogen) atoms. The molecule has 0 spiro atoms. The molecule has 3 aromatic rings. The Morgan fingerprint density at radius 2 is 1.21 bits per heavy atom. The molecule has 0 saturated heterocycles. The van der Waals surface area contributed by atoms with Crippen molar-refractivity contribution in [3.05, 3.63) is 108 Å². The summed E-state index contributed by atoms with van der Waals surface area (Å²) >= 11 is 0. The van der Waals surface area contributed by atoms with E-state index in [2.05, 4.69) is 112 Å². The number of rotatable bonds is 3. The van der Waals surface area contributed by atoms with Crippen LogP contribution in [0.3, 0.4) is 0 Å². The van der Waals surface area contributed by atoms with Gasteiger partial charge in [0.2, 0.25) is 0 Å². The number of hydrogen-bond acceptors (Lipinski definition) is 0. The van der Waals surface area contributed by atoms with E-state index in [1.165, 1.54) is 57.8 Å². The van der Waals surface area contributed by atoms with Gasteiger partial charge in [-0.15, -0.1) is 0 Å². The largest absolute Gasteiger partial charge is 0.0625 e. The average Bonchev–Trinajstić information content (AvgIpc) is 3.90. The van der Waals surface area contributed by atoms with Crippen molar-refractivity contribution < 1.29 is 0 Å². The summed E-state index contributed by atoms with van der Waals surface area (Å²) in [4.78, 5) is 0. The van der Waals surface area contributed by atoms with Crippen molar-refractivity contribution in [3.8, 4) is 0 Å². The molecule has 0 heterocycles. The van der Waals surface area contributed by atoms with Gasteiger partial charge in [0.05, 0.1) is 0 Å². The van der Waals surface area contributed by atoms with Gasteiger partial charge in [-0.05, 0) is 126 Å². The summed E-state index contributed by atoms with van der Waals surface area (Å²) in [5.74, 6) is 5.88. The molecular formula is C39H48. The zero-order chi connectivity index (χ0) is 26.7. The van der Waals surface area contributed by atoms with Crippen LogP contribution < -0.4 is 0 Å². The lowest BCUT2D eigenvalue weighted by Gasteiger charge is -2.13. The molecule has 0 aromatic heterocycles. The van der Waals surface area contributed by atoms with Crippen molar-refractivity contribution in [2.45, 2.75) is 95.3 Å². The number of benzene rings is 3. The highest BCUT2D eigenvalue weighted by Gasteiger charge is 2.61. The summed E-state index contributed by atoms with van der Waals surface area (Å²) in [5.41, 5.74) is 6.76. The average molecular weight is 517 g/mol. The summed E-state index contributed by atoms with van der Waals surface area (Å²) in [7, 11) is 0. The number of fused-ring (bicyclic) bond motifs is 3. The lowest BCUT2D eigenvalue weighted by molar-refractivity contribution is 0.514. The predicted molar refractivity (Wildman–Crippen MR) is 164 cm³/mol. The van der Waals surface area contributed by atoms with Crippen molar-refractivity contribution in [2.24, 2.45) is 35.0 Å². The maximum absolute atomic E-state index is 2.46. The first kappa shape index (κ1) is 25.6. The molecule has 204 valence electrons. The zero-order valence-electron chi connectivity index (χ0n) is 24.5. The van der Waals surface area contributed by atoms with Gasteiger partial charge in [-0.1, -0.05) is 112 Å². The molecule has 9 atom stereocenters. The van der Waals surface area contributed by atoms with E-state index in [0.29, 0.717) is 10.8 Å². The van der Waals surface area contributed by atoms with Gasteiger partial charge in [0.25, 0.3) is 0 Å². The van der Waals surface area contributed by atoms with Gasteiger partial charge in [-0.2, -0.15) is 0 Å². The molecule has 6 aliphatic rings. The molecule has 6 unspecified atom stereocenters. The fraction of sp³-hybridized carbons (Fsp3) is 0.538. The molecule has 9 rings (SSSR count). The topological polar surface area (TPSA) is 0 Å². The lowest BCUT2D eigenvalue weighted by Crippen LogP contribution is -2.06. The van der Waals surface area contributed by atoms with Crippen LogP contribution in [-0.4, -0.2) is 0 Å². The van der Waals surface area contributed by atoms with Crippen LogP contribution in [0.4, 0.5) is 0 Å². The van der Waals surface area contributed by atoms with Crippen LogP contribution in [0.2, 0.25) is 0 Å². The Kier molecular flexibility index (Phi) is 6.33. The lowest BCUT2D eigenvalue weighted by atomic mass is 9.91.